The van der Waals surface area contributed by atoms with E-state index in [1.165, 1.54) is 13.0 Å². The van der Waals surface area contributed by atoms with Gasteiger partial charge in [-0.2, -0.15) is 0 Å². The number of carbonyl (C=O) groups excluding carboxylic acids is 1. The lowest BCUT2D eigenvalue weighted by atomic mass is 10.1. The molecule has 0 heterocycles. The van der Waals surface area contributed by atoms with E-state index in [0.29, 0.717) is 12.5 Å². The van der Waals surface area contributed by atoms with Gasteiger partial charge < -0.3 is 19.7 Å². The van der Waals surface area contributed by atoms with Crippen LogP contribution in [-0.2, 0) is 9.53 Å². The van der Waals surface area contributed by atoms with E-state index < -0.39 is 6.10 Å². The summed E-state index contributed by atoms with van der Waals surface area (Å²) in [6, 6.07) is 7.47. The monoisotopic (exact) mass is 324 g/mol. The summed E-state index contributed by atoms with van der Waals surface area (Å²) in [6.07, 6.45) is 3.51. The summed E-state index contributed by atoms with van der Waals surface area (Å²) in [5, 5.41) is 16.0. The molecule has 5 heteroatoms. The van der Waals surface area contributed by atoms with Crippen molar-refractivity contribution >= 4 is 12.0 Å². The van der Waals surface area contributed by atoms with Crippen LogP contribution < -0.4 is 4.74 Å². The number of hydrogen-bond donors (Lipinski definition) is 2. The Morgan fingerprint density at radius 3 is 2.22 bits per heavy atom. The van der Waals surface area contributed by atoms with Gasteiger partial charge in [-0.3, -0.25) is 0 Å². The first-order chi connectivity index (χ1) is 10.9. The van der Waals surface area contributed by atoms with Crippen molar-refractivity contribution < 1.29 is 24.5 Å². The summed E-state index contributed by atoms with van der Waals surface area (Å²) in [5.74, 6) is 1.04. The van der Waals surface area contributed by atoms with Crippen molar-refractivity contribution in [2.45, 2.75) is 33.3 Å². The summed E-state index contributed by atoms with van der Waals surface area (Å²) in [4.78, 5) is 11.4. The predicted octanol–water partition coefficient (Wildman–Crippen LogP) is 2.66. The molecule has 0 aromatic heterocycles. The minimum atomic E-state index is -0.560. The fraction of sp³-hybridized carbons (Fsp3) is 0.500. The van der Waals surface area contributed by atoms with Gasteiger partial charge in [0.1, 0.15) is 5.75 Å². The zero-order valence-corrected chi connectivity index (χ0v) is 14.4. The molecule has 0 aliphatic heterocycles. The number of aliphatic hydroxyl groups excluding tert-OH is 2. The molecular formula is C18H28O5. The van der Waals surface area contributed by atoms with Crippen molar-refractivity contribution in [3.05, 3.63) is 35.9 Å². The molecule has 0 saturated carbocycles. The average molecular weight is 324 g/mol. The molecule has 0 fully saturated rings. The highest BCUT2D eigenvalue weighted by atomic mass is 16.5. The molecule has 130 valence electrons. The molecule has 0 spiro atoms. The molecule has 0 bridgehead atoms. The van der Waals surface area contributed by atoms with E-state index in [1.807, 2.05) is 24.3 Å². The molecule has 0 saturated heterocycles. The van der Waals surface area contributed by atoms with Crippen molar-refractivity contribution in [3.63, 3.8) is 0 Å². The van der Waals surface area contributed by atoms with Gasteiger partial charge in [0.15, 0.2) is 0 Å². The number of benzene rings is 1. The van der Waals surface area contributed by atoms with Crippen LogP contribution in [0.4, 0.5) is 0 Å². The molecule has 1 aromatic carbocycles. The second kappa shape index (κ2) is 12.7. The van der Waals surface area contributed by atoms with Gasteiger partial charge in [0.2, 0.25) is 0 Å². The van der Waals surface area contributed by atoms with Crippen LogP contribution in [0.3, 0.4) is 0 Å². The van der Waals surface area contributed by atoms with Crippen LogP contribution in [0.2, 0.25) is 0 Å². The predicted molar refractivity (Wildman–Crippen MR) is 91.2 cm³/mol. The van der Waals surface area contributed by atoms with Crippen molar-refractivity contribution in [2.24, 2.45) is 5.92 Å². The molecule has 0 amide bonds. The van der Waals surface area contributed by atoms with Gasteiger partial charge in [-0.05, 0) is 43.0 Å². The van der Waals surface area contributed by atoms with E-state index in [1.54, 1.807) is 13.2 Å². The Morgan fingerprint density at radius 1 is 1.22 bits per heavy atom. The van der Waals surface area contributed by atoms with E-state index >= 15 is 0 Å². The fourth-order valence-corrected chi connectivity index (χ4v) is 1.32. The molecule has 1 unspecified atom stereocenters. The van der Waals surface area contributed by atoms with Crippen molar-refractivity contribution in [2.75, 3.05) is 20.3 Å². The SMILES string of the molecule is CC(O)CO.COc1ccc(C=CC(=O)OCCC(C)C)cc1. The molecule has 0 aliphatic rings. The summed E-state index contributed by atoms with van der Waals surface area (Å²) in [7, 11) is 1.62. The third-order valence-electron chi connectivity index (χ3n) is 2.73. The van der Waals surface area contributed by atoms with Gasteiger partial charge in [0.25, 0.3) is 0 Å². The second-order valence-corrected chi connectivity index (χ2v) is 5.49. The topological polar surface area (TPSA) is 76.0 Å². The standard InChI is InChI=1S/C15H20O3.C3H8O2/c1-12(2)10-11-18-15(16)9-6-13-4-7-14(17-3)8-5-13;1-3(5)2-4/h4-9,12H,10-11H2,1-3H3;3-5H,2H2,1H3. The molecule has 5 nitrogen and oxygen atoms in total. The lowest BCUT2D eigenvalue weighted by Crippen LogP contribution is -2.04. The third-order valence-corrected chi connectivity index (χ3v) is 2.73. The van der Waals surface area contributed by atoms with E-state index in [9.17, 15) is 4.79 Å². The zero-order chi connectivity index (χ0) is 17.7. The Balaban J connectivity index is 0.000000841. The van der Waals surface area contributed by atoms with Crippen LogP contribution in [0.15, 0.2) is 30.3 Å². The van der Waals surface area contributed by atoms with Gasteiger partial charge >= 0.3 is 5.97 Å². The first kappa shape index (κ1) is 21.1. The molecule has 2 N–H and O–H groups in total. The number of carbonyl (C=O) groups is 1. The lowest BCUT2D eigenvalue weighted by Gasteiger charge is -2.04. The highest BCUT2D eigenvalue weighted by molar-refractivity contribution is 5.87. The smallest absolute Gasteiger partial charge is 0.330 e. The number of methoxy groups -OCH3 is 1. The van der Waals surface area contributed by atoms with Gasteiger partial charge in [-0.15, -0.1) is 0 Å². The quantitative estimate of drug-likeness (QED) is 0.596. The van der Waals surface area contributed by atoms with E-state index in [-0.39, 0.29) is 12.6 Å². The van der Waals surface area contributed by atoms with Gasteiger partial charge in [0, 0.05) is 6.08 Å². The van der Waals surface area contributed by atoms with Gasteiger partial charge in [-0.1, -0.05) is 26.0 Å². The van der Waals surface area contributed by atoms with Crippen molar-refractivity contribution in [1.29, 1.82) is 0 Å². The summed E-state index contributed by atoms with van der Waals surface area (Å²) >= 11 is 0. The van der Waals surface area contributed by atoms with Crippen LogP contribution in [-0.4, -0.2) is 42.6 Å². The zero-order valence-electron chi connectivity index (χ0n) is 14.4. The lowest BCUT2D eigenvalue weighted by molar-refractivity contribution is -0.137. The van der Waals surface area contributed by atoms with Crippen LogP contribution in [0.25, 0.3) is 6.08 Å². The summed E-state index contributed by atoms with van der Waals surface area (Å²) < 4.78 is 10.1. The van der Waals surface area contributed by atoms with Crippen LogP contribution >= 0.6 is 0 Å². The average Bonchev–Trinajstić information content (AvgIpc) is 2.53. The molecule has 23 heavy (non-hydrogen) atoms. The Hall–Kier alpha value is -1.85. The molecule has 1 rings (SSSR count). The number of rotatable bonds is 7. The Kier molecular flexibility index (Phi) is 11.7. The van der Waals surface area contributed by atoms with E-state index in [0.717, 1.165) is 17.7 Å². The number of esters is 1. The highest BCUT2D eigenvalue weighted by Crippen LogP contribution is 2.12. The minimum Gasteiger partial charge on any atom is -0.497 e. The van der Waals surface area contributed by atoms with Crippen LogP contribution in [0.1, 0.15) is 32.8 Å². The van der Waals surface area contributed by atoms with E-state index in [4.69, 9.17) is 19.7 Å². The first-order valence-corrected chi connectivity index (χ1v) is 7.66. The van der Waals surface area contributed by atoms with Gasteiger partial charge in [-0.25, -0.2) is 4.79 Å². The largest absolute Gasteiger partial charge is 0.497 e. The van der Waals surface area contributed by atoms with Gasteiger partial charge in [0.05, 0.1) is 26.4 Å². The Bertz CT molecular complexity index is 449. The molecule has 1 aromatic rings. The van der Waals surface area contributed by atoms with Crippen molar-refractivity contribution in [3.8, 4) is 5.75 Å². The summed E-state index contributed by atoms with van der Waals surface area (Å²) in [6.45, 7) is 6.06. The number of hydrogen-bond acceptors (Lipinski definition) is 5. The Morgan fingerprint density at radius 2 is 1.78 bits per heavy atom. The molecule has 0 aliphatic carbocycles. The third kappa shape index (κ3) is 12.4. The van der Waals surface area contributed by atoms with Crippen LogP contribution in [0.5, 0.6) is 5.75 Å². The molecular weight excluding hydrogens is 296 g/mol. The van der Waals surface area contributed by atoms with Crippen LogP contribution in [0, 0.1) is 5.92 Å². The Labute approximate surface area is 138 Å². The normalized spacial score (nSPS) is 11.8. The first-order valence-electron chi connectivity index (χ1n) is 7.66. The number of aliphatic hydroxyl groups is 2. The summed E-state index contributed by atoms with van der Waals surface area (Å²) in [5.41, 5.74) is 0.941. The van der Waals surface area contributed by atoms with Crippen molar-refractivity contribution in [1.82, 2.24) is 0 Å². The number of ether oxygens (including phenoxy) is 2. The second-order valence-electron chi connectivity index (χ2n) is 5.49. The maximum Gasteiger partial charge on any atom is 0.330 e. The minimum absolute atomic E-state index is 0.139. The molecule has 1 atom stereocenters. The maximum absolute atomic E-state index is 11.4. The molecule has 0 radical (unpaired) electrons. The van der Waals surface area contributed by atoms with E-state index in [2.05, 4.69) is 13.8 Å². The highest BCUT2D eigenvalue weighted by Gasteiger charge is 1.99. The fourth-order valence-electron chi connectivity index (χ4n) is 1.32. The maximum atomic E-state index is 11.4.